The van der Waals surface area contributed by atoms with Crippen LogP contribution in [0.2, 0.25) is 0 Å². The number of nitriles is 1. The van der Waals surface area contributed by atoms with Crippen LogP contribution in [0.25, 0.3) is 0 Å². The molecule has 3 aliphatic rings. The first-order valence-corrected chi connectivity index (χ1v) is 13.2. The Kier molecular flexibility index (Phi) is 8.37. The van der Waals surface area contributed by atoms with Gasteiger partial charge in [-0.05, 0) is 95.0 Å². The molecule has 33 heavy (non-hydrogen) atoms. The zero-order valence-corrected chi connectivity index (χ0v) is 22.3. The van der Waals surface area contributed by atoms with Crippen LogP contribution in [0.3, 0.4) is 0 Å². The molecule has 0 N–H and O–H groups in total. The summed E-state index contributed by atoms with van der Waals surface area (Å²) in [5.41, 5.74) is 1.22. The molecule has 2 bridgehead atoms. The van der Waals surface area contributed by atoms with Crippen molar-refractivity contribution < 1.29 is 18.9 Å². The predicted molar refractivity (Wildman–Crippen MR) is 130 cm³/mol. The topological polar surface area (TPSA) is 60.7 Å². The second kappa shape index (κ2) is 10.4. The molecule has 0 radical (unpaired) electrons. The van der Waals surface area contributed by atoms with Gasteiger partial charge in [-0.2, -0.15) is 5.26 Å². The number of ether oxygens (including phenoxy) is 4. The maximum absolute atomic E-state index is 10.8. The number of hydrogen-bond acceptors (Lipinski definition) is 5. The molecule has 3 rings (SSSR count). The summed E-state index contributed by atoms with van der Waals surface area (Å²) in [6.45, 7) is 18.4. The van der Waals surface area contributed by atoms with Crippen molar-refractivity contribution in [3.8, 4) is 6.07 Å². The van der Waals surface area contributed by atoms with Crippen LogP contribution >= 0.6 is 0 Å². The smallest absolute Gasteiger partial charge is 0.180 e. The molecule has 0 aromatic rings. The van der Waals surface area contributed by atoms with Crippen LogP contribution in [0.5, 0.6) is 0 Å². The lowest BCUT2D eigenvalue weighted by Gasteiger charge is -2.59. The number of nitrogens with zero attached hydrogens (tertiary/aromatic N) is 1. The average Bonchev–Trinajstić information content (AvgIpc) is 2.72. The van der Waals surface area contributed by atoms with Gasteiger partial charge < -0.3 is 18.9 Å². The Morgan fingerprint density at radius 2 is 1.67 bits per heavy atom. The molecule has 0 aliphatic heterocycles. The van der Waals surface area contributed by atoms with E-state index < -0.39 is 11.9 Å². The van der Waals surface area contributed by atoms with Gasteiger partial charge in [0.25, 0.3) is 0 Å². The summed E-state index contributed by atoms with van der Waals surface area (Å²) in [6.07, 6.45) is 6.81. The third-order valence-corrected chi connectivity index (χ3v) is 8.79. The van der Waals surface area contributed by atoms with Gasteiger partial charge in [-0.15, -0.1) is 0 Å². The fourth-order valence-electron chi connectivity index (χ4n) is 7.64. The van der Waals surface area contributed by atoms with Gasteiger partial charge >= 0.3 is 0 Å². The Morgan fingerprint density at radius 1 is 1.00 bits per heavy atom. The van der Waals surface area contributed by atoms with Crippen molar-refractivity contribution in [2.45, 2.75) is 125 Å². The zero-order valence-electron chi connectivity index (χ0n) is 22.3. The Morgan fingerprint density at radius 3 is 2.30 bits per heavy atom. The Hall–Kier alpha value is -0.930. The maximum Gasteiger partial charge on any atom is 0.180 e. The molecule has 5 nitrogen and oxygen atoms in total. The van der Waals surface area contributed by atoms with Gasteiger partial charge in [0.1, 0.15) is 6.07 Å². The van der Waals surface area contributed by atoms with Gasteiger partial charge in [-0.3, -0.25) is 0 Å². The van der Waals surface area contributed by atoms with E-state index in [1.165, 1.54) is 24.0 Å². The second-order valence-electron chi connectivity index (χ2n) is 11.4. The van der Waals surface area contributed by atoms with E-state index in [9.17, 15) is 5.26 Å². The van der Waals surface area contributed by atoms with Gasteiger partial charge in [0.05, 0.1) is 6.10 Å². The SMILES string of the molecule is CCOC(C)O[C@@H]1[C@@H]2CCC(C)=C(C(C#N)(OC(C)OCC)C[C@]3(C)CCCC[C@@H]13)C2(C)C. The van der Waals surface area contributed by atoms with Crippen LogP contribution in [0.1, 0.15) is 100 Å². The van der Waals surface area contributed by atoms with Crippen LogP contribution in [-0.4, -0.2) is 37.5 Å². The summed E-state index contributed by atoms with van der Waals surface area (Å²) in [5.74, 6) is 0.678. The van der Waals surface area contributed by atoms with E-state index in [0.717, 1.165) is 25.7 Å². The van der Waals surface area contributed by atoms with E-state index in [4.69, 9.17) is 18.9 Å². The minimum Gasteiger partial charge on any atom is -0.353 e. The molecule has 0 saturated heterocycles. The number of allylic oxidation sites excluding steroid dienone is 1. The van der Waals surface area contributed by atoms with Crippen LogP contribution < -0.4 is 0 Å². The van der Waals surface area contributed by atoms with E-state index in [1.54, 1.807) is 0 Å². The van der Waals surface area contributed by atoms with Gasteiger partial charge in [-0.25, -0.2) is 0 Å². The Balaban J connectivity index is 2.17. The molecule has 188 valence electrons. The first-order chi connectivity index (χ1) is 15.5. The molecule has 7 atom stereocenters. The highest BCUT2D eigenvalue weighted by molar-refractivity contribution is 5.40. The molecule has 0 aromatic carbocycles. The van der Waals surface area contributed by atoms with Gasteiger partial charge in [-0.1, -0.05) is 39.2 Å². The van der Waals surface area contributed by atoms with Crippen molar-refractivity contribution in [1.82, 2.24) is 0 Å². The molecule has 5 heteroatoms. The Labute approximate surface area is 202 Å². The van der Waals surface area contributed by atoms with Gasteiger partial charge in [0, 0.05) is 13.2 Å². The summed E-state index contributed by atoms with van der Waals surface area (Å²) >= 11 is 0. The lowest BCUT2D eigenvalue weighted by molar-refractivity contribution is -0.233. The quantitative estimate of drug-likeness (QED) is 0.295. The van der Waals surface area contributed by atoms with E-state index in [-0.39, 0.29) is 23.2 Å². The van der Waals surface area contributed by atoms with E-state index in [2.05, 4.69) is 33.8 Å². The second-order valence-corrected chi connectivity index (χ2v) is 11.4. The van der Waals surface area contributed by atoms with Crippen molar-refractivity contribution >= 4 is 0 Å². The monoisotopic (exact) mass is 461 g/mol. The number of fused-ring (bicyclic) bond motifs is 3. The summed E-state index contributed by atoms with van der Waals surface area (Å²) in [7, 11) is 0. The highest BCUT2D eigenvalue weighted by atomic mass is 16.7. The molecular weight excluding hydrogens is 414 g/mol. The summed E-state index contributed by atoms with van der Waals surface area (Å²) in [5, 5.41) is 10.8. The molecule has 2 fully saturated rings. The fraction of sp³-hybridized carbons (Fsp3) is 0.893. The van der Waals surface area contributed by atoms with E-state index in [0.29, 0.717) is 31.5 Å². The van der Waals surface area contributed by atoms with Crippen LogP contribution in [0.4, 0.5) is 0 Å². The molecular formula is C28H47NO4. The minimum atomic E-state index is -0.984. The maximum atomic E-state index is 10.8. The van der Waals surface area contributed by atoms with Crippen LogP contribution in [0.15, 0.2) is 11.1 Å². The summed E-state index contributed by atoms with van der Waals surface area (Å²) in [4.78, 5) is 0. The molecule has 3 aliphatic carbocycles. The molecule has 3 unspecified atom stereocenters. The van der Waals surface area contributed by atoms with E-state index >= 15 is 0 Å². The average molecular weight is 462 g/mol. The minimum absolute atomic E-state index is 0.0475. The highest BCUT2D eigenvalue weighted by Crippen LogP contribution is 2.62. The Bertz CT molecular complexity index is 755. The molecule has 2 saturated carbocycles. The van der Waals surface area contributed by atoms with E-state index in [1.807, 2.05) is 27.7 Å². The highest BCUT2D eigenvalue weighted by Gasteiger charge is 2.60. The van der Waals surface area contributed by atoms with Gasteiger partial charge in [0.2, 0.25) is 0 Å². The van der Waals surface area contributed by atoms with Gasteiger partial charge in [0.15, 0.2) is 18.2 Å². The lowest BCUT2D eigenvalue weighted by Crippen LogP contribution is -2.59. The molecule has 0 aromatic heterocycles. The molecule has 0 spiro atoms. The third kappa shape index (κ3) is 5.06. The first kappa shape index (κ1) is 26.7. The molecule has 0 amide bonds. The summed E-state index contributed by atoms with van der Waals surface area (Å²) < 4.78 is 25.1. The predicted octanol–water partition coefficient (Wildman–Crippen LogP) is 6.77. The van der Waals surface area contributed by atoms with Crippen molar-refractivity contribution in [2.24, 2.45) is 22.7 Å². The molecule has 0 heterocycles. The fourth-order valence-corrected chi connectivity index (χ4v) is 7.64. The first-order valence-electron chi connectivity index (χ1n) is 13.2. The van der Waals surface area contributed by atoms with Crippen LogP contribution in [0, 0.1) is 34.0 Å². The van der Waals surface area contributed by atoms with Crippen molar-refractivity contribution in [2.75, 3.05) is 13.2 Å². The standard InChI is InChI=1S/C28H47NO4/c1-9-30-20(4)32-24-22-15-14-19(3)25(26(22,6)7)28(18-29,33-21(5)31-10-2)17-27(8)16-12-11-13-23(24)27/h20-24H,9-17H2,1-8H3/t20?,21?,22-,23-,24+,27-,28?/m0/s1. The number of rotatable bonds is 8. The van der Waals surface area contributed by atoms with Crippen molar-refractivity contribution in [1.29, 1.82) is 5.26 Å². The number of hydrogen-bond donors (Lipinski definition) is 0. The lowest BCUT2D eigenvalue weighted by atomic mass is 9.49. The largest absolute Gasteiger partial charge is 0.353 e. The van der Waals surface area contributed by atoms with Crippen molar-refractivity contribution in [3.63, 3.8) is 0 Å². The normalized spacial score (nSPS) is 38.0. The summed E-state index contributed by atoms with van der Waals surface area (Å²) in [6, 6.07) is 2.72. The van der Waals surface area contributed by atoms with Crippen molar-refractivity contribution in [3.05, 3.63) is 11.1 Å². The van der Waals surface area contributed by atoms with Crippen LogP contribution in [-0.2, 0) is 18.9 Å². The zero-order chi connectivity index (χ0) is 24.4. The third-order valence-electron chi connectivity index (χ3n) is 8.79.